The summed E-state index contributed by atoms with van der Waals surface area (Å²) in [6.07, 6.45) is 1.66. The van der Waals surface area contributed by atoms with Gasteiger partial charge in [-0.25, -0.2) is 8.42 Å². The Morgan fingerprint density at radius 1 is 0.933 bits per heavy atom. The molecule has 0 saturated heterocycles. The third-order valence-corrected chi connectivity index (χ3v) is 5.63. The normalized spacial score (nSPS) is 10.9. The molecule has 0 atom stereocenters. The van der Waals surface area contributed by atoms with Crippen LogP contribution in [0.15, 0.2) is 59.6 Å². The predicted octanol–water partition coefficient (Wildman–Crippen LogP) is 3.10. The molecule has 1 heterocycles. The lowest BCUT2D eigenvalue weighted by molar-refractivity contribution is 0.392. The third-order valence-electron chi connectivity index (χ3n) is 4.23. The number of sulfonamides is 1. The Bertz CT molecular complexity index is 1120. The number of nitrogens with one attached hydrogen (secondary N) is 2. The van der Waals surface area contributed by atoms with Crippen molar-refractivity contribution in [3.8, 4) is 11.5 Å². The van der Waals surface area contributed by atoms with Gasteiger partial charge >= 0.3 is 0 Å². The van der Waals surface area contributed by atoms with Gasteiger partial charge in [0.2, 0.25) is 0 Å². The molecule has 3 aromatic rings. The number of aromatic nitrogens is 2. The molecule has 0 amide bonds. The van der Waals surface area contributed by atoms with Gasteiger partial charge in [0.05, 0.1) is 26.1 Å². The molecule has 0 aliphatic carbocycles. The molecular formula is C20H23N5O4S. The van der Waals surface area contributed by atoms with E-state index >= 15 is 0 Å². The van der Waals surface area contributed by atoms with E-state index in [1.54, 1.807) is 42.6 Å². The maximum absolute atomic E-state index is 12.8. The fraction of sp³-hybridized carbons (Fsp3) is 0.200. The van der Waals surface area contributed by atoms with E-state index in [1.807, 2.05) is 25.1 Å². The van der Waals surface area contributed by atoms with Gasteiger partial charge < -0.3 is 19.7 Å². The zero-order valence-corrected chi connectivity index (χ0v) is 17.9. The SMILES string of the molecule is COc1ccc(OC)c(S(=O)(=O)Nc2ccc(Nc3cc(N(C)C)cnn3)cc2)c1. The van der Waals surface area contributed by atoms with E-state index in [1.165, 1.54) is 20.3 Å². The minimum absolute atomic E-state index is 0.0117. The van der Waals surface area contributed by atoms with Crippen LogP contribution < -0.4 is 24.4 Å². The average molecular weight is 430 g/mol. The molecule has 0 fully saturated rings. The van der Waals surface area contributed by atoms with Crippen molar-refractivity contribution >= 4 is 32.9 Å². The molecule has 0 saturated carbocycles. The predicted molar refractivity (Wildman–Crippen MR) is 116 cm³/mol. The van der Waals surface area contributed by atoms with Crippen LogP contribution in [0.1, 0.15) is 0 Å². The van der Waals surface area contributed by atoms with Crippen LogP contribution in [-0.2, 0) is 10.0 Å². The van der Waals surface area contributed by atoms with Gasteiger partial charge in [-0.3, -0.25) is 4.72 Å². The highest BCUT2D eigenvalue weighted by Crippen LogP contribution is 2.30. The van der Waals surface area contributed by atoms with Crippen LogP contribution in [0.5, 0.6) is 11.5 Å². The third kappa shape index (κ3) is 4.90. The lowest BCUT2D eigenvalue weighted by Gasteiger charge is -2.14. The number of rotatable bonds is 8. The summed E-state index contributed by atoms with van der Waals surface area (Å²) in [5.41, 5.74) is 2.05. The molecule has 0 bridgehead atoms. The van der Waals surface area contributed by atoms with E-state index < -0.39 is 10.0 Å². The minimum Gasteiger partial charge on any atom is -0.497 e. The van der Waals surface area contributed by atoms with Crippen molar-refractivity contribution in [2.45, 2.75) is 4.90 Å². The molecule has 0 unspecified atom stereocenters. The molecule has 0 spiro atoms. The van der Waals surface area contributed by atoms with E-state index in [-0.39, 0.29) is 10.6 Å². The van der Waals surface area contributed by atoms with Gasteiger partial charge in [0.15, 0.2) is 5.82 Å². The highest BCUT2D eigenvalue weighted by atomic mass is 32.2. The molecule has 2 aromatic carbocycles. The number of hydrogen-bond acceptors (Lipinski definition) is 8. The van der Waals surface area contributed by atoms with Crippen molar-refractivity contribution in [1.29, 1.82) is 0 Å². The average Bonchev–Trinajstić information content (AvgIpc) is 2.74. The molecule has 0 radical (unpaired) electrons. The molecule has 0 aliphatic heterocycles. The summed E-state index contributed by atoms with van der Waals surface area (Å²) in [7, 11) is 2.83. The first-order chi connectivity index (χ1) is 14.3. The summed E-state index contributed by atoms with van der Waals surface area (Å²) in [5.74, 6) is 1.22. The van der Waals surface area contributed by atoms with Crippen molar-refractivity contribution in [3.05, 3.63) is 54.7 Å². The Labute approximate surface area is 175 Å². The summed E-state index contributed by atoms with van der Waals surface area (Å²) in [4.78, 5) is 1.91. The van der Waals surface area contributed by atoms with E-state index in [0.29, 0.717) is 17.3 Å². The summed E-state index contributed by atoms with van der Waals surface area (Å²) >= 11 is 0. The van der Waals surface area contributed by atoms with Crippen molar-refractivity contribution in [2.24, 2.45) is 0 Å². The first kappa shape index (κ1) is 21.2. The highest BCUT2D eigenvalue weighted by molar-refractivity contribution is 7.92. The van der Waals surface area contributed by atoms with Gasteiger partial charge in [-0.05, 0) is 36.4 Å². The van der Waals surface area contributed by atoms with Gasteiger partial charge in [-0.15, -0.1) is 5.10 Å². The van der Waals surface area contributed by atoms with Crippen LogP contribution in [0.25, 0.3) is 0 Å². The number of hydrogen-bond donors (Lipinski definition) is 2. The van der Waals surface area contributed by atoms with Crippen LogP contribution in [0.2, 0.25) is 0 Å². The summed E-state index contributed by atoms with van der Waals surface area (Å²) < 4.78 is 38.5. The second-order valence-corrected chi connectivity index (χ2v) is 8.17. The smallest absolute Gasteiger partial charge is 0.265 e. The van der Waals surface area contributed by atoms with Crippen LogP contribution in [-0.4, -0.2) is 46.9 Å². The summed E-state index contributed by atoms with van der Waals surface area (Å²) in [6.45, 7) is 0. The monoisotopic (exact) mass is 429 g/mol. The van der Waals surface area contributed by atoms with E-state index in [4.69, 9.17) is 9.47 Å². The Morgan fingerprint density at radius 3 is 2.27 bits per heavy atom. The summed E-state index contributed by atoms with van der Waals surface area (Å²) in [6, 6.07) is 13.2. The number of nitrogens with zero attached hydrogens (tertiary/aromatic N) is 3. The maximum Gasteiger partial charge on any atom is 0.265 e. The lowest BCUT2D eigenvalue weighted by atomic mass is 10.3. The zero-order chi connectivity index (χ0) is 21.7. The molecule has 30 heavy (non-hydrogen) atoms. The van der Waals surface area contributed by atoms with Crippen LogP contribution in [0, 0.1) is 0 Å². The van der Waals surface area contributed by atoms with Gasteiger partial charge in [0.1, 0.15) is 16.4 Å². The molecule has 0 aliphatic rings. The lowest BCUT2D eigenvalue weighted by Crippen LogP contribution is -2.14. The Morgan fingerprint density at radius 2 is 1.63 bits per heavy atom. The maximum atomic E-state index is 12.8. The van der Waals surface area contributed by atoms with Gasteiger partial charge in [-0.1, -0.05) is 0 Å². The van der Waals surface area contributed by atoms with E-state index in [9.17, 15) is 8.42 Å². The fourth-order valence-corrected chi connectivity index (χ4v) is 3.88. The van der Waals surface area contributed by atoms with Crippen LogP contribution >= 0.6 is 0 Å². The first-order valence-corrected chi connectivity index (χ1v) is 10.4. The van der Waals surface area contributed by atoms with Gasteiger partial charge in [0.25, 0.3) is 10.0 Å². The van der Waals surface area contributed by atoms with Crippen molar-refractivity contribution in [1.82, 2.24) is 10.2 Å². The fourth-order valence-electron chi connectivity index (χ4n) is 2.64. The standard InChI is InChI=1S/C20H23N5O4S/c1-25(2)16-11-20(23-21-13-16)22-14-5-7-15(8-6-14)24-30(26,27)19-12-17(28-3)9-10-18(19)29-4/h5-13,24H,1-4H3,(H,22,23). The number of ether oxygens (including phenoxy) is 2. The second-order valence-electron chi connectivity index (χ2n) is 6.52. The van der Waals surface area contributed by atoms with Crippen molar-refractivity contribution in [2.75, 3.05) is 43.3 Å². The van der Waals surface area contributed by atoms with Crippen LogP contribution in [0.3, 0.4) is 0 Å². The van der Waals surface area contributed by atoms with Crippen LogP contribution in [0.4, 0.5) is 22.9 Å². The minimum atomic E-state index is -3.88. The molecule has 10 heteroatoms. The molecule has 2 N–H and O–H groups in total. The number of anilines is 4. The topological polar surface area (TPSA) is 106 Å². The number of methoxy groups -OCH3 is 2. The van der Waals surface area contributed by atoms with Gasteiger partial charge in [0, 0.05) is 37.6 Å². The largest absolute Gasteiger partial charge is 0.497 e. The van der Waals surface area contributed by atoms with E-state index in [0.717, 1.165) is 11.4 Å². The van der Waals surface area contributed by atoms with Gasteiger partial charge in [-0.2, -0.15) is 5.10 Å². The molecule has 158 valence electrons. The second kappa shape index (κ2) is 8.87. The quantitative estimate of drug-likeness (QED) is 0.563. The Kier molecular flexibility index (Phi) is 6.26. The van der Waals surface area contributed by atoms with E-state index in [2.05, 4.69) is 20.2 Å². The van der Waals surface area contributed by atoms with Crippen molar-refractivity contribution in [3.63, 3.8) is 0 Å². The Hall–Kier alpha value is -3.53. The molecular weight excluding hydrogens is 406 g/mol. The highest BCUT2D eigenvalue weighted by Gasteiger charge is 2.20. The molecule has 1 aromatic heterocycles. The van der Waals surface area contributed by atoms with Crippen molar-refractivity contribution < 1.29 is 17.9 Å². The molecule has 3 rings (SSSR count). The molecule has 9 nitrogen and oxygen atoms in total. The zero-order valence-electron chi connectivity index (χ0n) is 17.1. The first-order valence-electron chi connectivity index (χ1n) is 8.94. The Balaban J connectivity index is 1.78. The number of benzene rings is 2. The summed E-state index contributed by atoms with van der Waals surface area (Å²) in [5, 5.41) is 11.2.